The van der Waals surface area contributed by atoms with Crippen LogP contribution >= 0.6 is 7.82 Å². The number of ether oxygens (including phenoxy) is 2. The lowest BCUT2D eigenvalue weighted by Crippen LogP contribution is -2.34. The largest absolute Gasteiger partial charge is 0.480 e. The van der Waals surface area contributed by atoms with Crippen molar-refractivity contribution in [2.24, 2.45) is 5.73 Å². The fraction of sp³-hybridized carbons (Fsp3) is 0.577. The summed E-state index contributed by atoms with van der Waals surface area (Å²) in [5.74, 6) is -1.84. The van der Waals surface area contributed by atoms with Crippen molar-refractivity contribution in [3.8, 4) is 0 Å². The summed E-state index contributed by atoms with van der Waals surface area (Å²) in [5.41, 5.74) is 5.36. The van der Waals surface area contributed by atoms with Crippen molar-refractivity contribution in [1.82, 2.24) is 0 Å². The number of aliphatic carboxylic acids is 1. The van der Waals surface area contributed by atoms with E-state index in [0.717, 1.165) is 103 Å². The minimum absolute atomic E-state index is 0.0176. The molecule has 0 aromatic rings. The van der Waals surface area contributed by atoms with Crippen LogP contribution in [0.3, 0.4) is 0 Å². The summed E-state index contributed by atoms with van der Waals surface area (Å²) in [5, 5.41) is 8.92. The molecule has 4 N–H and O–H groups in total. The van der Waals surface area contributed by atoms with Gasteiger partial charge in [0.15, 0.2) is 0 Å². The number of phosphoric acid groups is 1. The van der Waals surface area contributed by atoms with Crippen LogP contribution in [0.15, 0.2) is 122 Å². The van der Waals surface area contributed by atoms with Gasteiger partial charge in [0.1, 0.15) is 12.1 Å². The second-order valence-corrected chi connectivity index (χ2v) is 16.6. The first-order valence-corrected chi connectivity index (χ1v) is 25.1. The topological polar surface area (TPSA) is 155 Å². The number of nitrogens with two attached hydrogens (primary N) is 1. The number of allylic oxidation sites excluding steroid dienone is 20. The number of esters is 1. The standard InChI is InChI=1S/C52H84NO9P/c1-3-5-7-9-11-13-15-17-19-21-23-25-26-28-30-32-34-36-38-40-42-44-51(54)62-49(47-60-63(57,58)61-48-50(53)52(55)56)46-59-45-43-41-39-37-35-33-31-29-27-24-22-20-18-16-14-12-10-8-6-4-2/h5-8,11-14,17-20,23-25,27-28,30,34,36,49-50H,3-4,9-10,15-16,21-22,26,29,31-33,35,37-48,53H2,1-2H3,(H,55,56)(H,57,58)/b7-5-,8-6-,13-11-,14-12-,19-17-,20-18-,25-23-,27-24-,30-28-,36-34-. The molecule has 11 heteroatoms. The SMILES string of the molecule is CC/C=C\C/C=C\C/C=C\C/C=C\C/C=C\C/C=C\CCCCC(=O)OC(COCCCCCCCCC/C=C\C/C=C\C/C=C\C/C=C\CC)COP(=O)(O)OCC(N)C(=O)O. The number of unbranched alkanes of at least 4 members (excludes halogenated alkanes) is 9. The van der Waals surface area contributed by atoms with Crippen molar-refractivity contribution in [2.75, 3.05) is 26.4 Å². The Kier molecular flexibility index (Phi) is 43.7. The van der Waals surface area contributed by atoms with Gasteiger partial charge in [-0.2, -0.15) is 0 Å². The normalized spacial score (nSPS) is 14.9. The first-order chi connectivity index (χ1) is 30.7. The van der Waals surface area contributed by atoms with E-state index >= 15 is 0 Å². The highest BCUT2D eigenvalue weighted by atomic mass is 31.2. The van der Waals surface area contributed by atoms with Gasteiger partial charge >= 0.3 is 19.8 Å². The monoisotopic (exact) mass is 898 g/mol. The van der Waals surface area contributed by atoms with Crippen LogP contribution in [0, 0.1) is 0 Å². The van der Waals surface area contributed by atoms with Crippen molar-refractivity contribution in [2.45, 2.75) is 167 Å². The highest BCUT2D eigenvalue weighted by Gasteiger charge is 2.27. The summed E-state index contributed by atoms with van der Waals surface area (Å²) in [4.78, 5) is 33.6. The second-order valence-electron chi connectivity index (χ2n) is 15.1. The average molecular weight is 898 g/mol. The van der Waals surface area contributed by atoms with E-state index in [2.05, 4.69) is 135 Å². The van der Waals surface area contributed by atoms with Gasteiger partial charge in [0.2, 0.25) is 0 Å². The molecule has 0 bridgehead atoms. The predicted octanol–water partition coefficient (Wildman–Crippen LogP) is 13.6. The Morgan fingerprint density at radius 3 is 1.30 bits per heavy atom. The maximum absolute atomic E-state index is 12.7. The first kappa shape index (κ1) is 59.4. The van der Waals surface area contributed by atoms with Crippen molar-refractivity contribution < 1.29 is 42.7 Å². The highest BCUT2D eigenvalue weighted by Crippen LogP contribution is 2.43. The molecule has 0 radical (unpaired) electrons. The molecule has 0 aliphatic heterocycles. The van der Waals surface area contributed by atoms with Crippen LogP contribution in [0.1, 0.15) is 155 Å². The summed E-state index contributed by atoms with van der Waals surface area (Å²) in [6, 6.07) is -1.49. The van der Waals surface area contributed by atoms with Gasteiger partial charge in [-0.15, -0.1) is 0 Å². The Morgan fingerprint density at radius 1 is 0.508 bits per heavy atom. The van der Waals surface area contributed by atoms with Crippen LogP contribution in [0.2, 0.25) is 0 Å². The summed E-state index contributed by atoms with van der Waals surface area (Å²) < 4.78 is 33.4. The van der Waals surface area contributed by atoms with Crippen LogP contribution < -0.4 is 5.73 Å². The fourth-order valence-electron chi connectivity index (χ4n) is 5.66. The van der Waals surface area contributed by atoms with Crippen LogP contribution in [-0.2, 0) is 32.7 Å². The molecule has 356 valence electrons. The van der Waals surface area contributed by atoms with E-state index in [0.29, 0.717) is 13.0 Å². The van der Waals surface area contributed by atoms with Crippen molar-refractivity contribution >= 4 is 19.8 Å². The third-order valence-corrected chi connectivity index (χ3v) is 10.2. The quantitative estimate of drug-likeness (QED) is 0.0233. The summed E-state index contributed by atoms with van der Waals surface area (Å²) in [6.45, 7) is 3.55. The second kappa shape index (κ2) is 46.4. The van der Waals surface area contributed by atoms with E-state index in [1.165, 1.54) is 25.7 Å². The highest BCUT2D eigenvalue weighted by molar-refractivity contribution is 7.47. The third kappa shape index (κ3) is 46.2. The number of hydrogen-bond donors (Lipinski definition) is 3. The lowest BCUT2D eigenvalue weighted by Gasteiger charge is -2.20. The molecule has 0 heterocycles. The molecular weight excluding hydrogens is 814 g/mol. The maximum atomic E-state index is 12.7. The van der Waals surface area contributed by atoms with Crippen LogP contribution in [0.5, 0.6) is 0 Å². The Bertz CT molecular complexity index is 1460. The third-order valence-electron chi connectivity index (χ3n) is 9.24. The summed E-state index contributed by atoms with van der Waals surface area (Å²) >= 11 is 0. The zero-order chi connectivity index (χ0) is 46.2. The molecule has 0 spiro atoms. The molecule has 0 rings (SSSR count). The van der Waals surface area contributed by atoms with Gasteiger partial charge in [0.05, 0.1) is 19.8 Å². The van der Waals surface area contributed by atoms with E-state index in [1.54, 1.807) is 0 Å². The number of carboxylic acids is 1. The number of phosphoric ester groups is 1. The van der Waals surface area contributed by atoms with Crippen molar-refractivity contribution in [1.29, 1.82) is 0 Å². The zero-order valence-corrected chi connectivity index (χ0v) is 39.8. The Labute approximate surface area is 382 Å². The molecule has 0 amide bonds. The van der Waals surface area contributed by atoms with Gasteiger partial charge < -0.3 is 25.2 Å². The summed E-state index contributed by atoms with van der Waals surface area (Å²) in [7, 11) is -4.65. The Morgan fingerprint density at radius 2 is 0.873 bits per heavy atom. The van der Waals surface area contributed by atoms with Gasteiger partial charge in [-0.05, 0) is 103 Å². The van der Waals surface area contributed by atoms with E-state index in [9.17, 15) is 19.0 Å². The van der Waals surface area contributed by atoms with E-state index in [1.807, 2.05) is 0 Å². The summed E-state index contributed by atoms with van der Waals surface area (Å²) in [6.07, 6.45) is 63.9. The van der Waals surface area contributed by atoms with E-state index in [4.69, 9.17) is 29.4 Å². The van der Waals surface area contributed by atoms with Crippen molar-refractivity contribution in [3.63, 3.8) is 0 Å². The molecular formula is C52H84NO9P. The number of carbonyl (C=O) groups excluding carboxylic acids is 1. The Balaban J connectivity index is 4.34. The number of carbonyl (C=O) groups is 2. The molecule has 0 aromatic heterocycles. The van der Waals surface area contributed by atoms with E-state index < -0.39 is 45.1 Å². The molecule has 3 atom stereocenters. The molecule has 0 saturated carbocycles. The Hall–Kier alpha value is -3.63. The lowest BCUT2D eigenvalue weighted by atomic mass is 10.1. The van der Waals surface area contributed by atoms with Crippen LogP contribution in [0.25, 0.3) is 0 Å². The maximum Gasteiger partial charge on any atom is 0.472 e. The van der Waals surface area contributed by atoms with Gasteiger partial charge in [0, 0.05) is 13.0 Å². The molecule has 0 saturated heterocycles. The zero-order valence-electron chi connectivity index (χ0n) is 38.9. The van der Waals surface area contributed by atoms with Gasteiger partial charge in [0.25, 0.3) is 0 Å². The molecule has 3 unspecified atom stereocenters. The predicted molar refractivity (Wildman–Crippen MR) is 262 cm³/mol. The van der Waals surface area contributed by atoms with Gasteiger partial charge in [-0.25, -0.2) is 4.57 Å². The fourth-order valence-corrected chi connectivity index (χ4v) is 6.43. The smallest absolute Gasteiger partial charge is 0.472 e. The minimum atomic E-state index is -4.65. The molecule has 10 nitrogen and oxygen atoms in total. The first-order valence-electron chi connectivity index (χ1n) is 23.6. The van der Waals surface area contributed by atoms with Crippen LogP contribution in [0.4, 0.5) is 0 Å². The average Bonchev–Trinajstić information content (AvgIpc) is 3.26. The molecule has 63 heavy (non-hydrogen) atoms. The molecule has 0 aliphatic rings. The number of carboxylic acid groups (broad SMARTS) is 1. The minimum Gasteiger partial charge on any atom is -0.480 e. The molecule has 0 aromatic carbocycles. The van der Waals surface area contributed by atoms with Gasteiger partial charge in [-0.3, -0.25) is 18.6 Å². The number of hydrogen-bond acceptors (Lipinski definition) is 8. The van der Waals surface area contributed by atoms with Gasteiger partial charge in [-0.1, -0.05) is 167 Å². The lowest BCUT2D eigenvalue weighted by molar-refractivity contribution is -0.154. The van der Waals surface area contributed by atoms with Crippen LogP contribution in [-0.4, -0.2) is 60.5 Å². The van der Waals surface area contributed by atoms with E-state index in [-0.39, 0.29) is 13.0 Å². The van der Waals surface area contributed by atoms with Crippen molar-refractivity contribution in [3.05, 3.63) is 122 Å². The molecule has 0 fully saturated rings. The number of rotatable bonds is 43. The molecule has 0 aliphatic carbocycles.